The van der Waals surface area contributed by atoms with Gasteiger partial charge in [-0.2, -0.15) is 0 Å². The number of nitrogens with one attached hydrogen (secondary N) is 1. The van der Waals surface area contributed by atoms with E-state index < -0.39 is 16.0 Å². The summed E-state index contributed by atoms with van der Waals surface area (Å²) >= 11 is 6.08. The number of carbonyl (C=O) groups excluding carboxylic acids is 1. The molecule has 1 atom stereocenters. The Labute approximate surface area is 194 Å². The highest BCUT2D eigenvalue weighted by Crippen LogP contribution is 2.24. The van der Waals surface area contributed by atoms with E-state index in [0.29, 0.717) is 17.9 Å². The molecule has 1 unspecified atom stereocenters. The van der Waals surface area contributed by atoms with Gasteiger partial charge in [-0.15, -0.1) is 0 Å². The molecule has 1 saturated heterocycles. The summed E-state index contributed by atoms with van der Waals surface area (Å²) in [7, 11) is -3.96. The third-order valence-corrected chi connectivity index (χ3v) is 6.88. The zero-order valence-electron chi connectivity index (χ0n) is 17.3. The molecule has 0 spiro atoms. The summed E-state index contributed by atoms with van der Waals surface area (Å²) in [4.78, 5) is 16.5. The van der Waals surface area contributed by atoms with Crippen LogP contribution in [0.4, 0.5) is 4.39 Å². The van der Waals surface area contributed by atoms with Crippen LogP contribution in [0.15, 0.2) is 58.0 Å². The lowest BCUT2D eigenvalue weighted by atomic mass is 10.2. The van der Waals surface area contributed by atoms with Crippen LogP contribution in [0.25, 0.3) is 11.5 Å². The molecule has 1 N–H and O–H groups in total. The number of rotatable bonds is 8. The number of halogens is 2. The standard InChI is InChI=1S/C22H20ClFN2O6S/c23-19-8-5-15(10-20(19)33(28,29)25-11-18-2-1-9-30-18)22(27)32-13-17-12-31-21(26-17)14-3-6-16(24)7-4-14/h3-8,10,12,18,25H,1-2,9,11,13H2. The first kappa shape index (κ1) is 23.4. The SMILES string of the molecule is O=C(OCc1coc(-c2ccc(F)cc2)n1)c1ccc(Cl)c(S(=O)(=O)NCC2CCCO2)c1. The molecule has 1 aromatic heterocycles. The van der Waals surface area contributed by atoms with Crippen LogP contribution in [-0.4, -0.2) is 38.6 Å². The van der Waals surface area contributed by atoms with Crippen molar-refractivity contribution in [2.24, 2.45) is 0 Å². The Morgan fingerprint density at radius 2 is 2.03 bits per heavy atom. The molecule has 2 heterocycles. The quantitative estimate of drug-likeness (QED) is 0.472. The molecule has 1 aliphatic rings. The van der Waals surface area contributed by atoms with Gasteiger partial charge in [0.1, 0.15) is 29.3 Å². The molecule has 1 fully saturated rings. The molecule has 0 amide bonds. The van der Waals surface area contributed by atoms with Gasteiger partial charge >= 0.3 is 5.97 Å². The molecule has 0 aliphatic carbocycles. The van der Waals surface area contributed by atoms with Crippen molar-refractivity contribution in [1.82, 2.24) is 9.71 Å². The minimum atomic E-state index is -3.96. The molecule has 33 heavy (non-hydrogen) atoms. The Bertz CT molecular complexity index is 1240. The maximum atomic E-state index is 13.1. The highest BCUT2D eigenvalue weighted by atomic mass is 35.5. The highest BCUT2D eigenvalue weighted by molar-refractivity contribution is 7.89. The lowest BCUT2D eigenvalue weighted by Crippen LogP contribution is -2.32. The fourth-order valence-electron chi connectivity index (χ4n) is 3.24. The van der Waals surface area contributed by atoms with Crippen LogP contribution in [-0.2, 0) is 26.1 Å². The maximum absolute atomic E-state index is 13.1. The molecule has 1 aliphatic heterocycles. The van der Waals surface area contributed by atoms with Gasteiger partial charge in [0.25, 0.3) is 0 Å². The van der Waals surface area contributed by atoms with Crippen molar-refractivity contribution in [2.45, 2.75) is 30.4 Å². The first-order chi connectivity index (χ1) is 15.8. The van der Waals surface area contributed by atoms with Gasteiger partial charge in [0.05, 0.1) is 16.7 Å². The summed E-state index contributed by atoms with van der Waals surface area (Å²) in [6.07, 6.45) is 2.78. The van der Waals surface area contributed by atoms with Gasteiger partial charge in [-0.25, -0.2) is 27.3 Å². The average Bonchev–Trinajstić information content (AvgIpc) is 3.49. The number of nitrogens with zero attached hydrogens (tertiary/aromatic N) is 1. The van der Waals surface area contributed by atoms with Gasteiger partial charge in [-0.05, 0) is 55.3 Å². The van der Waals surface area contributed by atoms with Crippen LogP contribution in [0.2, 0.25) is 5.02 Å². The van der Waals surface area contributed by atoms with E-state index in [0.717, 1.165) is 18.9 Å². The lowest BCUT2D eigenvalue weighted by molar-refractivity contribution is 0.0467. The monoisotopic (exact) mass is 494 g/mol. The average molecular weight is 495 g/mol. The van der Waals surface area contributed by atoms with Gasteiger partial charge in [0.2, 0.25) is 15.9 Å². The second-order valence-electron chi connectivity index (χ2n) is 7.36. The molecule has 0 radical (unpaired) electrons. The predicted octanol–water partition coefficient (Wildman–Crippen LogP) is 3.95. The number of benzene rings is 2. The zero-order valence-corrected chi connectivity index (χ0v) is 18.9. The number of carbonyl (C=O) groups is 1. The Morgan fingerprint density at radius 1 is 1.24 bits per heavy atom. The molecule has 11 heteroatoms. The van der Waals surface area contributed by atoms with Crippen molar-refractivity contribution in [1.29, 1.82) is 0 Å². The van der Waals surface area contributed by atoms with Gasteiger partial charge in [-0.1, -0.05) is 11.6 Å². The van der Waals surface area contributed by atoms with E-state index in [9.17, 15) is 17.6 Å². The van der Waals surface area contributed by atoms with Crippen molar-refractivity contribution in [3.63, 3.8) is 0 Å². The number of esters is 1. The topological polar surface area (TPSA) is 108 Å². The third kappa shape index (κ3) is 5.77. The molecular formula is C22H20ClFN2O6S. The van der Waals surface area contributed by atoms with E-state index in [1.165, 1.54) is 42.7 Å². The van der Waals surface area contributed by atoms with E-state index in [-0.39, 0.29) is 46.4 Å². The molecule has 4 rings (SSSR count). The number of ether oxygens (including phenoxy) is 2. The van der Waals surface area contributed by atoms with Gasteiger partial charge in [0.15, 0.2) is 0 Å². The van der Waals surface area contributed by atoms with Crippen molar-refractivity contribution in [2.75, 3.05) is 13.2 Å². The molecule has 0 bridgehead atoms. The van der Waals surface area contributed by atoms with E-state index >= 15 is 0 Å². The van der Waals surface area contributed by atoms with Gasteiger partial charge < -0.3 is 13.9 Å². The summed E-state index contributed by atoms with van der Waals surface area (Å²) in [6.45, 7) is 0.521. The number of oxazole rings is 1. The van der Waals surface area contributed by atoms with E-state index in [1.54, 1.807) is 0 Å². The molecule has 0 saturated carbocycles. The van der Waals surface area contributed by atoms with Crippen molar-refractivity contribution in [3.05, 3.63) is 70.8 Å². The Morgan fingerprint density at radius 3 is 2.76 bits per heavy atom. The largest absolute Gasteiger partial charge is 0.455 e. The lowest BCUT2D eigenvalue weighted by Gasteiger charge is -2.13. The van der Waals surface area contributed by atoms with Crippen LogP contribution in [0.3, 0.4) is 0 Å². The van der Waals surface area contributed by atoms with Crippen LogP contribution in [0.1, 0.15) is 28.9 Å². The predicted molar refractivity (Wildman–Crippen MR) is 117 cm³/mol. The van der Waals surface area contributed by atoms with Crippen molar-refractivity contribution >= 4 is 27.6 Å². The molecule has 174 valence electrons. The van der Waals surface area contributed by atoms with E-state index in [4.69, 9.17) is 25.5 Å². The highest BCUT2D eigenvalue weighted by Gasteiger charge is 2.24. The van der Waals surface area contributed by atoms with Crippen LogP contribution >= 0.6 is 11.6 Å². The second-order valence-corrected chi connectivity index (χ2v) is 9.50. The maximum Gasteiger partial charge on any atom is 0.338 e. The second kappa shape index (κ2) is 10.0. The fraction of sp³-hybridized carbons (Fsp3) is 0.273. The van der Waals surface area contributed by atoms with Crippen LogP contribution in [0, 0.1) is 5.82 Å². The first-order valence-electron chi connectivity index (χ1n) is 10.1. The van der Waals surface area contributed by atoms with Gasteiger partial charge in [-0.3, -0.25) is 0 Å². The smallest absolute Gasteiger partial charge is 0.338 e. The molecule has 2 aromatic carbocycles. The van der Waals surface area contributed by atoms with E-state index in [1.807, 2.05) is 0 Å². The summed E-state index contributed by atoms with van der Waals surface area (Å²) in [6, 6.07) is 9.44. The third-order valence-electron chi connectivity index (χ3n) is 4.98. The van der Waals surface area contributed by atoms with Crippen LogP contribution < -0.4 is 4.72 Å². The summed E-state index contributed by atoms with van der Waals surface area (Å²) < 4.78 is 56.9. The normalized spacial score (nSPS) is 16.1. The zero-order chi connectivity index (χ0) is 23.4. The van der Waals surface area contributed by atoms with Crippen molar-refractivity contribution < 1.29 is 31.5 Å². The number of aromatic nitrogens is 1. The molecule has 8 nitrogen and oxygen atoms in total. The Balaban J connectivity index is 1.41. The van der Waals surface area contributed by atoms with Crippen molar-refractivity contribution in [3.8, 4) is 11.5 Å². The molecule has 3 aromatic rings. The molecular weight excluding hydrogens is 475 g/mol. The van der Waals surface area contributed by atoms with Crippen LogP contribution in [0.5, 0.6) is 0 Å². The Hall–Kier alpha value is -2.79. The number of hydrogen-bond acceptors (Lipinski definition) is 7. The summed E-state index contributed by atoms with van der Waals surface area (Å²) in [5.41, 5.74) is 0.916. The fourth-order valence-corrected chi connectivity index (χ4v) is 4.83. The number of sulfonamides is 1. The van der Waals surface area contributed by atoms with E-state index in [2.05, 4.69) is 9.71 Å². The summed E-state index contributed by atoms with van der Waals surface area (Å²) in [5.74, 6) is -0.891. The minimum Gasteiger partial charge on any atom is -0.455 e. The Kier molecular flexibility index (Phi) is 7.08. The summed E-state index contributed by atoms with van der Waals surface area (Å²) in [5, 5.41) is -0.0215. The first-order valence-corrected chi connectivity index (χ1v) is 12.0. The number of hydrogen-bond donors (Lipinski definition) is 1. The minimum absolute atomic E-state index is 0.0131. The van der Waals surface area contributed by atoms with Gasteiger partial charge in [0, 0.05) is 18.7 Å².